The van der Waals surface area contributed by atoms with E-state index in [1.807, 2.05) is 49.4 Å². The second-order valence-corrected chi connectivity index (χ2v) is 10.5. The molecule has 0 saturated carbocycles. The third-order valence-electron chi connectivity index (χ3n) is 6.92. The summed E-state index contributed by atoms with van der Waals surface area (Å²) < 4.78 is 10.6. The molecule has 0 spiro atoms. The fraction of sp³-hybridized carbons (Fsp3) is 0.483. The number of methoxy groups -OCH3 is 1. The maximum atomic E-state index is 11.8. The van der Waals surface area contributed by atoms with Crippen molar-refractivity contribution in [2.75, 3.05) is 40.1 Å². The summed E-state index contributed by atoms with van der Waals surface area (Å²) in [5.74, 6) is 1.33. The molecule has 0 aliphatic carbocycles. The molecule has 1 atom stereocenters. The number of aliphatic hydroxyl groups is 2. The van der Waals surface area contributed by atoms with Crippen LogP contribution in [0, 0.1) is 11.3 Å². The molecule has 0 unspecified atom stereocenters. The Labute approximate surface area is 224 Å². The monoisotopic (exact) mass is 530 g/mol. The summed E-state index contributed by atoms with van der Waals surface area (Å²) >= 11 is 6.21. The van der Waals surface area contributed by atoms with Crippen LogP contribution in [0.4, 0.5) is 0 Å². The minimum absolute atomic E-state index is 0.137. The summed E-state index contributed by atoms with van der Waals surface area (Å²) in [6.07, 6.45) is 2.28. The number of halogens is 1. The summed E-state index contributed by atoms with van der Waals surface area (Å²) in [7, 11) is 1.72. The van der Waals surface area contributed by atoms with Gasteiger partial charge in [-0.1, -0.05) is 44.5 Å². The van der Waals surface area contributed by atoms with Crippen LogP contribution >= 0.6 is 11.6 Å². The molecule has 0 bridgehead atoms. The van der Waals surface area contributed by atoms with Crippen molar-refractivity contribution in [2.24, 2.45) is 11.3 Å². The Kier molecular flexibility index (Phi) is 10.4. The van der Waals surface area contributed by atoms with Crippen molar-refractivity contribution in [3.05, 3.63) is 64.3 Å². The van der Waals surface area contributed by atoms with Gasteiger partial charge in [0.2, 0.25) is 6.41 Å². The summed E-state index contributed by atoms with van der Waals surface area (Å²) in [4.78, 5) is 17.1. The number of carbonyl (C=O) groups is 1. The van der Waals surface area contributed by atoms with Crippen molar-refractivity contribution in [3.8, 4) is 5.75 Å². The number of rotatable bonds is 10. The lowest BCUT2D eigenvalue weighted by Gasteiger charge is -2.33. The second-order valence-electron chi connectivity index (χ2n) is 10.1. The summed E-state index contributed by atoms with van der Waals surface area (Å²) in [5, 5.41) is 21.0. The Balaban J connectivity index is 0.000000568. The molecule has 1 aliphatic rings. The van der Waals surface area contributed by atoms with Crippen LogP contribution in [0.1, 0.15) is 50.1 Å². The largest absolute Gasteiger partial charge is 0.493 e. The number of H-pyrrole nitrogens is 1. The number of hydrogen-bond donors (Lipinski definition) is 3. The molecule has 3 N–H and O–H groups in total. The van der Waals surface area contributed by atoms with E-state index in [9.17, 15) is 15.0 Å². The standard InChI is InChI=1S/C24H27ClN2O4.C5H12O/c1-2-24(12-28,13-29)14-31-18-6-3-16(4-7-18)23-22-19(9-10-27(23)15-30)20-11-17(25)5-8-21(20)26-22;1-5(2)4-6-3/h3-8,11,15,23,26,28-29H,2,9-10,12-14H2,1H3;5H,4H2,1-3H3/t23-;/m0./s1. The molecule has 2 aromatic carbocycles. The first kappa shape index (κ1) is 29.0. The lowest BCUT2D eigenvalue weighted by Crippen LogP contribution is -2.35. The van der Waals surface area contributed by atoms with Gasteiger partial charge in [-0.15, -0.1) is 0 Å². The number of nitrogens with zero attached hydrogens (tertiary/aromatic N) is 1. The molecule has 8 heteroatoms. The quantitative estimate of drug-likeness (QED) is 0.322. The van der Waals surface area contributed by atoms with Gasteiger partial charge in [0.15, 0.2) is 0 Å². The summed E-state index contributed by atoms with van der Waals surface area (Å²) in [6, 6.07) is 13.2. The predicted molar refractivity (Wildman–Crippen MR) is 147 cm³/mol. The fourth-order valence-electron chi connectivity index (χ4n) is 4.53. The number of aromatic nitrogens is 1. The maximum absolute atomic E-state index is 11.8. The molecule has 4 rings (SSSR count). The number of ether oxygens (including phenoxy) is 2. The van der Waals surface area contributed by atoms with Crippen LogP contribution in [-0.2, 0) is 16.0 Å². The van der Waals surface area contributed by atoms with E-state index < -0.39 is 5.41 Å². The smallest absolute Gasteiger partial charge is 0.210 e. The van der Waals surface area contributed by atoms with Gasteiger partial charge in [-0.05, 0) is 60.2 Å². The molecule has 1 aromatic heterocycles. The van der Waals surface area contributed by atoms with Gasteiger partial charge in [-0.2, -0.15) is 0 Å². The molecule has 202 valence electrons. The van der Waals surface area contributed by atoms with Gasteiger partial charge in [0.05, 0.1) is 31.3 Å². The van der Waals surface area contributed by atoms with Crippen molar-refractivity contribution >= 4 is 28.9 Å². The molecule has 3 aromatic rings. The zero-order chi connectivity index (χ0) is 27.0. The van der Waals surface area contributed by atoms with Crippen molar-refractivity contribution in [1.82, 2.24) is 9.88 Å². The van der Waals surface area contributed by atoms with Crippen molar-refractivity contribution in [3.63, 3.8) is 0 Å². The normalized spacial score (nSPS) is 15.4. The molecular weight excluding hydrogens is 492 g/mol. The minimum Gasteiger partial charge on any atom is -0.493 e. The van der Waals surface area contributed by atoms with E-state index in [-0.39, 0.29) is 25.9 Å². The van der Waals surface area contributed by atoms with Crippen molar-refractivity contribution < 1.29 is 24.5 Å². The Morgan fingerprint density at radius 1 is 1.19 bits per heavy atom. The average molecular weight is 531 g/mol. The lowest BCUT2D eigenvalue weighted by molar-refractivity contribution is -0.120. The minimum atomic E-state index is -0.656. The number of fused-ring (bicyclic) bond motifs is 3. The molecule has 1 amide bonds. The molecule has 7 nitrogen and oxygen atoms in total. The van der Waals surface area contributed by atoms with Crippen LogP contribution in [0.25, 0.3) is 10.9 Å². The van der Waals surface area contributed by atoms with E-state index in [0.29, 0.717) is 29.7 Å². The first-order chi connectivity index (χ1) is 17.8. The van der Waals surface area contributed by atoms with E-state index in [1.54, 1.807) is 12.0 Å². The van der Waals surface area contributed by atoms with Gasteiger partial charge in [0.1, 0.15) is 5.75 Å². The van der Waals surface area contributed by atoms with Crippen LogP contribution in [-0.4, -0.2) is 66.6 Å². The van der Waals surface area contributed by atoms with Gasteiger partial charge >= 0.3 is 0 Å². The molecular formula is C29H39ClN2O5. The van der Waals surface area contributed by atoms with Gasteiger partial charge in [0.25, 0.3) is 0 Å². The number of nitrogens with one attached hydrogen (secondary N) is 1. The predicted octanol–water partition coefficient (Wildman–Crippen LogP) is 4.97. The number of aromatic amines is 1. The van der Waals surface area contributed by atoms with Crippen molar-refractivity contribution in [2.45, 2.75) is 39.7 Å². The molecule has 1 aliphatic heterocycles. The number of hydrogen-bond acceptors (Lipinski definition) is 5. The molecule has 37 heavy (non-hydrogen) atoms. The first-order valence-corrected chi connectivity index (χ1v) is 13.1. The Hall–Kier alpha value is -2.58. The third-order valence-corrected chi connectivity index (χ3v) is 7.16. The van der Waals surface area contributed by atoms with Crippen LogP contribution in [0.2, 0.25) is 5.02 Å². The van der Waals surface area contributed by atoms with Gasteiger partial charge in [-0.25, -0.2) is 0 Å². The highest BCUT2D eigenvalue weighted by Crippen LogP contribution is 2.39. The second kappa shape index (κ2) is 13.3. The lowest BCUT2D eigenvalue weighted by atomic mass is 9.88. The van der Waals surface area contributed by atoms with Gasteiger partial charge < -0.3 is 29.6 Å². The van der Waals surface area contributed by atoms with Gasteiger partial charge in [-0.3, -0.25) is 4.79 Å². The van der Waals surface area contributed by atoms with Crippen molar-refractivity contribution in [1.29, 1.82) is 0 Å². The van der Waals surface area contributed by atoms with Crippen LogP contribution in [0.15, 0.2) is 42.5 Å². The van der Waals surface area contributed by atoms with E-state index in [2.05, 4.69) is 18.8 Å². The van der Waals surface area contributed by atoms with E-state index in [0.717, 1.165) is 41.6 Å². The average Bonchev–Trinajstić information content (AvgIpc) is 3.27. The Morgan fingerprint density at radius 2 is 1.89 bits per heavy atom. The first-order valence-electron chi connectivity index (χ1n) is 12.8. The highest BCUT2D eigenvalue weighted by atomic mass is 35.5. The number of carbonyl (C=O) groups excluding carboxylic acids is 1. The number of amides is 1. The topological polar surface area (TPSA) is 95.0 Å². The number of benzene rings is 2. The third kappa shape index (κ3) is 6.85. The number of aliphatic hydroxyl groups excluding tert-OH is 2. The zero-order valence-electron chi connectivity index (χ0n) is 22.2. The Bertz CT molecular complexity index is 1130. The van der Waals surface area contributed by atoms with Crippen LogP contribution < -0.4 is 4.74 Å². The maximum Gasteiger partial charge on any atom is 0.210 e. The fourth-order valence-corrected chi connectivity index (χ4v) is 4.71. The van der Waals surface area contributed by atoms with E-state index in [1.165, 1.54) is 5.56 Å². The molecule has 0 saturated heterocycles. The molecule has 0 radical (unpaired) electrons. The summed E-state index contributed by atoms with van der Waals surface area (Å²) in [6.45, 7) is 7.63. The van der Waals surface area contributed by atoms with E-state index in [4.69, 9.17) is 21.1 Å². The zero-order valence-corrected chi connectivity index (χ0v) is 22.9. The Morgan fingerprint density at radius 3 is 2.43 bits per heavy atom. The van der Waals surface area contributed by atoms with Gasteiger partial charge in [0, 0.05) is 41.9 Å². The highest BCUT2D eigenvalue weighted by Gasteiger charge is 2.31. The van der Waals surface area contributed by atoms with Crippen LogP contribution in [0.3, 0.4) is 0 Å². The van der Waals surface area contributed by atoms with E-state index >= 15 is 0 Å². The highest BCUT2D eigenvalue weighted by molar-refractivity contribution is 6.31. The molecule has 2 heterocycles. The summed E-state index contributed by atoms with van der Waals surface area (Å²) in [5.41, 5.74) is 3.53. The van der Waals surface area contributed by atoms with Crippen LogP contribution in [0.5, 0.6) is 5.75 Å². The SMILES string of the molecule is CCC(CO)(CO)COc1ccc([C@H]2c3[nH]c4ccc(Cl)cc4c3CCN2C=O)cc1.COCC(C)C. The molecule has 0 fully saturated rings.